The molecule has 5 unspecified atom stereocenters. The monoisotopic (exact) mass is 354 g/mol. The van der Waals surface area contributed by atoms with Crippen LogP contribution in [0.2, 0.25) is 0 Å². The van der Waals surface area contributed by atoms with Gasteiger partial charge in [0.1, 0.15) is 37.1 Å². The average Bonchev–Trinajstić information content (AvgIpc) is 3.09. The number of hydrogen-bond donors (Lipinski definition) is 8. The standard InChI is InChI=1S/C13H22O11/c14-1-4-6-10(20)12(3-16,24-13(4,6)21)23-11-9(19)8(18)7(17)5(2-15)22-11/h4-11,14-21H,1-3H2/t4-,5?,6?,7-,8?,9?,10?,11-,12-,13-/m1/s1. The third-order valence-corrected chi connectivity index (χ3v) is 5.04. The summed E-state index contributed by atoms with van der Waals surface area (Å²) in [6.45, 7) is -2.04. The van der Waals surface area contributed by atoms with E-state index in [0.717, 1.165) is 0 Å². The molecule has 3 aliphatic rings. The lowest BCUT2D eigenvalue weighted by Crippen LogP contribution is -2.63. The van der Waals surface area contributed by atoms with Crippen LogP contribution in [0, 0.1) is 11.8 Å². The fourth-order valence-corrected chi connectivity index (χ4v) is 3.51. The maximum Gasteiger partial charge on any atom is 0.224 e. The number of aliphatic hydroxyl groups excluding tert-OH is 7. The molecule has 2 heterocycles. The molecule has 24 heavy (non-hydrogen) atoms. The highest BCUT2D eigenvalue weighted by Crippen LogP contribution is 2.63. The van der Waals surface area contributed by atoms with Crippen molar-refractivity contribution in [3.05, 3.63) is 0 Å². The molecule has 0 amide bonds. The highest BCUT2D eigenvalue weighted by Gasteiger charge is 2.80. The van der Waals surface area contributed by atoms with E-state index in [9.17, 15) is 30.6 Å². The Bertz CT molecular complexity index is 475. The molecule has 3 rings (SSSR count). The second-order valence-corrected chi connectivity index (χ2v) is 6.40. The number of rotatable bonds is 5. The molecule has 0 aromatic carbocycles. The molecular weight excluding hydrogens is 332 g/mol. The number of fused-ring (bicyclic) bond motifs is 1. The second kappa shape index (κ2) is 6.07. The second-order valence-electron chi connectivity index (χ2n) is 6.40. The van der Waals surface area contributed by atoms with Crippen LogP contribution in [0.4, 0.5) is 0 Å². The van der Waals surface area contributed by atoms with Crippen molar-refractivity contribution in [2.45, 2.75) is 48.4 Å². The normalized spacial score (nSPS) is 57.0. The predicted octanol–water partition coefficient (Wildman–Crippen LogP) is -5.19. The van der Waals surface area contributed by atoms with Crippen molar-refractivity contribution < 1.29 is 55.1 Å². The van der Waals surface area contributed by atoms with Crippen molar-refractivity contribution in [3.8, 4) is 0 Å². The third kappa shape index (κ3) is 2.40. The van der Waals surface area contributed by atoms with Crippen molar-refractivity contribution in [2.75, 3.05) is 19.8 Å². The zero-order valence-corrected chi connectivity index (χ0v) is 12.5. The number of hydrogen-bond acceptors (Lipinski definition) is 11. The lowest BCUT2D eigenvalue weighted by atomic mass is 9.99. The fourth-order valence-electron chi connectivity index (χ4n) is 3.51. The molecule has 0 aromatic heterocycles. The van der Waals surface area contributed by atoms with Crippen molar-refractivity contribution in [2.24, 2.45) is 11.8 Å². The first-order valence-corrected chi connectivity index (χ1v) is 7.56. The van der Waals surface area contributed by atoms with Gasteiger partial charge in [-0.1, -0.05) is 0 Å². The van der Waals surface area contributed by atoms with Gasteiger partial charge in [-0.15, -0.1) is 0 Å². The summed E-state index contributed by atoms with van der Waals surface area (Å²) >= 11 is 0. The Morgan fingerprint density at radius 1 is 0.917 bits per heavy atom. The minimum Gasteiger partial charge on any atom is -0.396 e. The molecule has 8 N–H and O–H groups in total. The molecule has 0 aromatic rings. The van der Waals surface area contributed by atoms with Gasteiger partial charge in [-0.25, -0.2) is 0 Å². The van der Waals surface area contributed by atoms with E-state index in [2.05, 4.69) is 0 Å². The van der Waals surface area contributed by atoms with E-state index in [4.69, 9.17) is 24.4 Å². The zero-order valence-electron chi connectivity index (χ0n) is 12.5. The number of ether oxygens (including phenoxy) is 3. The summed E-state index contributed by atoms with van der Waals surface area (Å²) in [6.07, 6.45) is -9.51. The van der Waals surface area contributed by atoms with Crippen LogP contribution >= 0.6 is 0 Å². The number of aliphatic hydroxyl groups is 8. The molecule has 140 valence electrons. The van der Waals surface area contributed by atoms with E-state index < -0.39 is 80.0 Å². The molecule has 0 bridgehead atoms. The van der Waals surface area contributed by atoms with Crippen molar-refractivity contribution in [3.63, 3.8) is 0 Å². The minimum atomic E-state index is -2.15. The molecule has 3 fully saturated rings. The van der Waals surface area contributed by atoms with Crippen LogP contribution in [0.1, 0.15) is 0 Å². The Morgan fingerprint density at radius 2 is 1.58 bits per heavy atom. The smallest absolute Gasteiger partial charge is 0.224 e. The predicted molar refractivity (Wildman–Crippen MR) is 70.8 cm³/mol. The van der Waals surface area contributed by atoms with E-state index in [1.807, 2.05) is 0 Å². The van der Waals surface area contributed by atoms with Gasteiger partial charge in [-0.05, 0) is 0 Å². The Hall–Kier alpha value is -0.440. The average molecular weight is 354 g/mol. The van der Waals surface area contributed by atoms with Gasteiger partial charge in [0.25, 0.3) is 0 Å². The molecule has 0 spiro atoms. The van der Waals surface area contributed by atoms with Gasteiger partial charge in [0.15, 0.2) is 12.1 Å². The molecule has 1 saturated carbocycles. The molecule has 10 atom stereocenters. The lowest BCUT2D eigenvalue weighted by Gasteiger charge is -2.44. The van der Waals surface area contributed by atoms with Gasteiger partial charge < -0.3 is 55.1 Å². The van der Waals surface area contributed by atoms with E-state index in [-0.39, 0.29) is 0 Å². The summed E-state index contributed by atoms with van der Waals surface area (Å²) in [4.78, 5) is 0. The molecule has 11 heteroatoms. The summed E-state index contributed by atoms with van der Waals surface area (Å²) in [5.41, 5.74) is 0. The zero-order chi connectivity index (χ0) is 17.9. The topological polar surface area (TPSA) is 190 Å². The Kier molecular flexibility index (Phi) is 4.64. The van der Waals surface area contributed by atoms with Crippen LogP contribution in [0.15, 0.2) is 0 Å². The van der Waals surface area contributed by atoms with Gasteiger partial charge in [0, 0.05) is 5.92 Å². The van der Waals surface area contributed by atoms with Crippen LogP contribution < -0.4 is 0 Å². The highest BCUT2D eigenvalue weighted by atomic mass is 16.8. The van der Waals surface area contributed by atoms with Crippen LogP contribution in [-0.2, 0) is 14.2 Å². The van der Waals surface area contributed by atoms with Crippen LogP contribution in [0.3, 0.4) is 0 Å². The highest BCUT2D eigenvalue weighted by molar-refractivity contribution is 5.18. The summed E-state index contributed by atoms with van der Waals surface area (Å²) in [7, 11) is 0. The summed E-state index contributed by atoms with van der Waals surface area (Å²) in [5.74, 6) is -5.69. The van der Waals surface area contributed by atoms with Gasteiger partial charge in [0.2, 0.25) is 5.79 Å². The molecule has 1 aliphatic carbocycles. The van der Waals surface area contributed by atoms with Crippen molar-refractivity contribution in [1.82, 2.24) is 0 Å². The molecular formula is C13H22O11. The first kappa shape index (κ1) is 18.4. The van der Waals surface area contributed by atoms with E-state index >= 15 is 0 Å². The molecule has 11 nitrogen and oxygen atoms in total. The van der Waals surface area contributed by atoms with Crippen LogP contribution in [0.5, 0.6) is 0 Å². The summed E-state index contributed by atoms with van der Waals surface area (Å²) in [5, 5.41) is 77.7. The van der Waals surface area contributed by atoms with Gasteiger partial charge in [-0.3, -0.25) is 0 Å². The first-order valence-electron chi connectivity index (χ1n) is 7.56. The minimum absolute atomic E-state index is 0.445. The Labute approximate surface area is 136 Å². The van der Waals surface area contributed by atoms with Gasteiger partial charge in [0.05, 0.1) is 19.1 Å². The third-order valence-electron chi connectivity index (χ3n) is 5.04. The lowest BCUT2D eigenvalue weighted by molar-refractivity contribution is -0.403. The first-order chi connectivity index (χ1) is 11.3. The Balaban J connectivity index is 1.77. The van der Waals surface area contributed by atoms with Gasteiger partial charge in [-0.2, -0.15) is 0 Å². The molecule has 0 radical (unpaired) electrons. The van der Waals surface area contributed by atoms with Crippen molar-refractivity contribution in [1.29, 1.82) is 0 Å². The maximum atomic E-state index is 10.3. The molecule has 2 saturated heterocycles. The summed E-state index contributed by atoms with van der Waals surface area (Å²) in [6, 6.07) is 0. The summed E-state index contributed by atoms with van der Waals surface area (Å²) < 4.78 is 15.7. The van der Waals surface area contributed by atoms with Crippen LogP contribution in [-0.4, -0.2) is 109 Å². The van der Waals surface area contributed by atoms with Gasteiger partial charge >= 0.3 is 0 Å². The Morgan fingerprint density at radius 3 is 2.04 bits per heavy atom. The maximum absolute atomic E-state index is 10.3. The fraction of sp³-hybridized carbons (Fsp3) is 1.00. The van der Waals surface area contributed by atoms with Crippen molar-refractivity contribution >= 4 is 0 Å². The van der Waals surface area contributed by atoms with E-state index in [1.165, 1.54) is 0 Å². The van der Waals surface area contributed by atoms with E-state index in [1.54, 1.807) is 0 Å². The SMILES string of the molecule is OCC1O[C@H](O[C@]2(CO)O[C@@]3(O)C(C2O)[C@H]3CO)C(O)C(O)[C@@H]1O. The quantitative estimate of drug-likeness (QED) is 0.235. The van der Waals surface area contributed by atoms with E-state index in [0.29, 0.717) is 0 Å². The largest absolute Gasteiger partial charge is 0.396 e. The van der Waals surface area contributed by atoms with Crippen LogP contribution in [0.25, 0.3) is 0 Å². The molecule has 2 aliphatic heterocycles.